The molecule has 0 bridgehead atoms. The molecular formula is C21H24ClN3O4. The maximum Gasteiger partial charge on any atom is 0.254 e. The number of nitrogens with zero attached hydrogens (tertiary/aromatic N) is 1. The van der Waals surface area contributed by atoms with Crippen molar-refractivity contribution < 1.29 is 19.1 Å². The molecule has 2 aliphatic rings. The molecule has 1 fully saturated rings. The molecule has 4 rings (SSSR count). The van der Waals surface area contributed by atoms with E-state index in [9.17, 15) is 9.59 Å². The summed E-state index contributed by atoms with van der Waals surface area (Å²) >= 11 is 0. The van der Waals surface area contributed by atoms with E-state index >= 15 is 0 Å². The number of likely N-dealkylation sites (tertiary alicyclic amines) is 1. The van der Waals surface area contributed by atoms with Gasteiger partial charge in [-0.15, -0.1) is 12.4 Å². The van der Waals surface area contributed by atoms with E-state index in [0.29, 0.717) is 36.6 Å². The Balaban J connectivity index is 0.00000240. The van der Waals surface area contributed by atoms with E-state index in [0.717, 1.165) is 24.1 Å². The van der Waals surface area contributed by atoms with Gasteiger partial charge in [0.25, 0.3) is 5.91 Å². The molecule has 2 aromatic rings. The lowest BCUT2D eigenvalue weighted by molar-refractivity contribution is -0.124. The molecule has 2 heterocycles. The van der Waals surface area contributed by atoms with Gasteiger partial charge >= 0.3 is 0 Å². The summed E-state index contributed by atoms with van der Waals surface area (Å²) in [6.45, 7) is 1.25. The van der Waals surface area contributed by atoms with Crippen LogP contribution in [0.5, 0.6) is 11.5 Å². The number of nitrogens with two attached hydrogens (primary N) is 1. The molecule has 8 heteroatoms. The van der Waals surface area contributed by atoms with Gasteiger partial charge in [0.2, 0.25) is 12.7 Å². The van der Waals surface area contributed by atoms with Gasteiger partial charge in [0.1, 0.15) is 6.04 Å². The van der Waals surface area contributed by atoms with Crippen molar-refractivity contribution in [3.05, 3.63) is 53.6 Å². The molecule has 0 aliphatic carbocycles. The summed E-state index contributed by atoms with van der Waals surface area (Å²) < 4.78 is 10.6. The van der Waals surface area contributed by atoms with E-state index < -0.39 is 6.04 Å². The first kappa shape index (κ1) is 20.8. The second-order valence-electron chi connectivity index (χ2n) is 7.01. The van der Waals surface area contributed by atoms with E-state index in [1.807, 2.05) is 24.3 Å². The predicted molar refractivity (Wildman–Crippen MR) is 111 cm³/mol. The lowest BCUT2D eigenvalue weighted by Gasteiger charge is -2.24. The summed E-state index contributed by atoms with van der Waals surface area (Å²) in [7, 11) is 0. The minimum atomic E-state index is -0.440. The van der Waals surface area contributed by atoms with Crippen molar-refractivity contribution >= 4 is 29.9 Å². The summed E-state index contributed by atoms with van der Waals surface area (Å²) in [6, 6.07) is 12.3. The number of fused-ring (bicyclic) bond motifs is 1. The van der Waals surface area contributed by atoms with E-state index in [-0.39, 0.29) is 31.0 Å². The number of amides is 2. The topological polar surface area (TPSA) is 93.9 Å². The number of nitrogens with one attached hydrogen (secondary N) is 1. The van der Waals surface area contributed by atoms with Crippen LogP contribution in [-0.2, 0) is 11.2 Å². The van der Waals surface area contributed by atoms with Gasteiger partial charge in [-0.05, 0) is 55.2 Å². The summed E-state index contributed by atoms with van der Waals surface area (Å²) in [6.07, 6.45) is 2.20. The standard InChI is InChI=1S/C21H23N3O4.ClH/c22-16-6-3-14(4-7-16)9-10-23-20(25)17-2-1-11-24(17)21(26)15-5-8-18-19(12-15)28-13-27-18;/h3-8,12,17H,1-2,9-11,13,22H2,(H,23,25);1H. The molecule has 1 saturated heterocycles. The Morgan fingerprint density at radius 2 is 1.86 bits per heavy atom. The molecule has 3 N–H and O–H groups in total. The Kier molecular flexibility index (Phi) is 6.49. The zero-order valence-corrected chi connectivity index (χ0v) is 16.7. The number of rotatable bonds is 5. The highest BCUT2D eigenvalue weighted by molar-refractivity contribution is 5.98. The summed E-state index contributed by atoms with van der Waals surface area (Å²) in [5.74, 6) is 0.931. The van der Waals surface area contributed by atoms with Crippen molar-refractivity contribution in [1.29, 1.82) is 0 Å². The van der Waals surface area contributed by atoms with Crippen molar-refractivity contribution in [3.8, 4) is 11.5 Å². The zero-order valence-electron chi connectivity index (χ0n) is 15.9. The molecule has 154 valence electrons. The lowest BCUT2D eigenvalue weighted by atomic mass is 10.1. The second kappa shape index (κ2) is 9.05. The molecule has 2 amide bonds. The van der Waals surface area contributed by atoms with Crippen LogP contribution in [0.15, 0.2) is 42.5 Å². The van der Waals surface area contributed by atoms with E-state index in [1.165, 1.54) is 0 Å². The van der Waals surface area contributed by atoms with Crippen LogP contribution in [0, 0.1) is 0 Å². The number of anilines is 1. The third-order valence-electron chi connectivity index (χ3n) is 5.13. The Morgan fingerprint density at radius 3 is 2.66 bits per heavy atom. The minimum absolute atomic E-state index is 0. The molecule has 29 heavy (non-hydrogen) atoms. The zero-order chi connectivity index (χ0) is 19.5. The molecule has 7 nitrogen and oxygen atoms in total. The molecule has 1 unspecified atom stereocenters. The second-order valence-corrected chi connectivity index (χ2v) is 7.01. The number of carbonyl (C=O) groups is 2. The van der Waals surface area contributed by atoms with Crippen LogP contribution in [0.4, 0.5) is 5.69 Å². The first-order valence-corrected chi connectivity index (χ1v) is 9.44. The number of hydrogen-bond acceptors (Lipinski definition) is 5. The fourth-order valence-corrected chi connectivity index (χ4v) is 3.61. The first-order valence-electron chi connectivity index (χ1n) is 9.44. The number of nitrogen functional groups attached to an aromatic ring is 1. The Hall–Kier alpha value is -2.93. The number of halogens is 1. The smallest absolute Gasteiger partial charge is 0.254 e. The van der Waals surface area contributed by atoms with Crippen LogP contribution in [0.1, 0.15) is 28.8 Å². The highest BCUT2D eigenvalue weighted by Gasteiger charge is 2.34. The molecule has 2 aliphatic heterocycles. The van der Waals surface area contributed by atoms with Gasteiger partial charge in [-0.25, -0.2) is 0 Å². The summed E-state index contributed by atoms with van der Waals surface area (Å²) in [5, 5.41) is 2.96. The van der Waals surface area contributed by atoms with Crippen LogP contribution >= 0.6 is 12.4 Å². The summed E-state index contributed by atoms with van der Waals surface area (Å²) in [5.41, 5.74) is 8.02. The van der Waals surface area contributed by atoms with Gasteiger partial charge in [-0.1, -0.05) is 12.1 Å². The van der Waals surface area contributed by atoms with Crippen LogP contribution in [-0.4, -0.2) is 42.6 Å². The van der Waals surface area contributed by atoms with E-state index in [4.69, 9.17) is 15.2 Å². The quantitative estimate of drug-likeness (QED) is 0.728. The molecule has 1 atom stereocenters. The van der Waals surface area contributed by atoms with Crippen LogP contribution < -0.4 is 20.5 Å². The van der Waals surface area contributed by atoms with Crippen molar-refractivity contribution in [1.82, 2.24) is 10.2 Å². The fraction of sp³-hybridized carbons (Fsp3) is 0.333. The monoisotopic (exact) mass is 417 g/mol. The van der Waals surface area contributed by atoms with Gasteiger partial charge in [0, 0.05) is 24.3 Å². The summed E-state index contributed by atoms with van der Waals surface area (Å²) in [4.78, 5) is 27.2. The van der Waals surface area contributed by atoms with E-state index in [1.54, 1.807) is 23.1 Å². The van der Waals surface area contributed by atoms with E-state index in [2.05, 4.69) is 5.32 Å². The van der Waals surface area contributed by atoms with Crippen LogP contribution in [0.2, 0.25) is 0 Å². The average Bonchev–Trinajstić information content (AvgIpc) is 3.37. The SMILES string of the molecule is Cl.Nc1ccc(CCNC(=O)C2CCCN2C(=O)c2ccc3c(c2)OCO3)cc1. The Bertz CT molecular complexity index is 888. The maximum atomic E-state index is 12.9. The lowest BCUT2D eigenvalue weighted by Crippen LogP contribution is -2.46. The van der Waals surface area contributed by atoms with Gasteiger partial charge in [0.15, 0.2) is 11.5 Å². The Labute approximate surface area is 175 Å². The highest BCUT2D eigenvalue weighted by atomic mass is 35.5. The third-order valence-corrected chi connectivity index (χ3v) is 5.13. The molecule has 0 aromatic heterocycles. The van der Waals surface area contributed by atoms with Crippen LogP contribution in [0.25, 0.3) is 0 Å². The third kappa shape index (κ3) is 4.56. The van der Waals surface area contributed by atoms with Crippen molar-refractivity contribution in [2.75, 3.05) is 25.6 Å². The molecular weight excluding hydrogens is 394 g/mol. The highest BCUT2D eigenvalue weighted by Crippen LogP contribution is 2.33. The van der Waals surface area contributed by atoms with Crippen molar-refractivity contribution in [2.24, 2.45) is 0 Å². The van der Waals surface area contributed by atoms with Gasteiger partial charge in [-0.3, -0.25) is 9.59 Å². The van der Waals surface area contributed by atoms with Crippen molar-refractivity contribution in [3.63, 3.8) is 0 Å². The number of ether oxygens (including phenoxy) is 2. The fourth-order valence-electron chi connectivity index (χ4n) is 3.61. The molecule has 0 radical (unpaired) electrons. The van der Waals surface area contributed by atoms with Crippen LogP contribution in [0.3, 0.4) is 0 Å². The Morgan fingerprint density at radius 1 is 1.10 bits per heavy atom. The molecule has 2 aromatic carbocycles. The minimum Gasteiger partial charge on any atom is -0.454 e. The number of benzene rings is 2. The van der Waals surface area contributed by atoms with Crippen molar-refractivity contribution in [2.45, 2.75) is 25.3 Å². The number of carbonyl (C=O) groups excluding carboxylic acids is 2. The van der Waals surface area contributed by atoms with Gasteiger partial charge in [0.05, 0.1) is 0 Å². The average molecular weight is 418 g/mol. The molecule has 0 spiro atoms. The largest absolute Gasteiger partial charge is 0.454 e. The predicted octanol–water partition coefficient (Wildman–Crippen LogP) is 2.38. The molecule has 0 saturated carbocycles. The van der Waals surface area contributed by atoms with Gasteiger partial charge in [-0.2, -0.15) is 0 Å². The maximum absolute atomic E-state index is 12.9. The normalized spacial score (nSPS) is 17.0. The number of hydrogen-bond donors (Lipinski definition) is 2. The first-order chi connectivity index (χ1) is 13.6. The van der Waals surface area contributed by atoms with Gasteiger partial charge < -0.3 is 25.4 Å².